The number of aromatic nitrogens is 2. The zero-order chi connectivity index (χ0) is 17.6. The molecule has 0 saturated heterocycles. The highest BCUT2D eigenvalue weighted by Crippen LogP contribution is 2.29. The number of hydrogen-bond acceptors (Lipinski definition) is 5. The van der Waals surface area contributed by atoms with Crippen LogP contribution in [0, 0.1) is 5.92 Å². The van der Waals surface area contributed by atoms with Crippen LogP contribution in [0.4, 0.5) is 0 Å². The Morgan fingerprint density at radius 2 is 2.04 bits per heavy atom. The van der Waals surface area contributed by atoms with Crippen LogP contribution < -0.4 is 5.32 Å². The lowest BCUT2D eigenvalue weighted by atomic mass is 9.85. The van der Waals surface area contributed by atoms with Gasteiger partial charge in [-0.1, -0.05) is 11.6 Å². The number of carbonyl (C=O) groups is 2. The monoisotopic (exact) mass is 350 g/mol. The smallest absolute Gasteiger partial charge is 0.277 e. The van der Waals surface area contributed by atoms with Crippen molar-refractivity contribution in [3.8, 4) is 0 Å². The van der Waals surface area contributed by atoms with Crippen LogP contribution in [0.25, 0.3) is 11.0 Å². The topological polar surface area (TPSA) is 84.3 Å². The van der Waals surface area contributed by atoms with Gasteiger partial charge < -0.3 is 5.32 Å². The average Bonchev–Trinajstić information content (AvgIpc) is 3.07. The van der Waals surface area contributed by atoms with E-state index in [1.165, 1.54) is 0 Å². The molecule has 25 heavy (non-hydrogen) atoms. The predicted octanol–water partition coefficient (Wildman–Crippen LogP) is 2.81. The lowest BCUT2D eigenvalue weighted by molar-refractivity contribution is -0.117. The molecule has 2 heterocycles. The van der Waals surface area contributed by atoms with E-state index in [0.29, 0.717) is 16.8 Å². The van der Waals surface area contributed by atoms with Crippen molar-refractivity contribution in [1.82, 2.24) is 14.1 Å². The normalized spacial score (nSPS) is 21.4. The quantitative estimate of drug-likeness (QED) is 0.857. The van der Waals surface area contributed by atoms with Gasteiger partial charge in [0, 0.05) is 22.8 Å². The molecule has 2 aromatic rings. The highest BCUT2D eigenvalue weighted by Gasteiger charge is 2.27. The molecule has 1 aromatic carbocycles. The van der Waals surface area contributed by atoms with E-state index in [-0.39, 0.29) is 17.7 Å². The molecule has 4 rings (SSSR count). The van der Waals surface area contributed by atoms with Crippen LogP contribution in [0.2, 0.25) is 0 Å². The highest BCUT2D eigenvalue weighted by molar-refractivity contribution is 7.00. The number of amides is 2. The molecular formula is C18H14N4O2S. The van der Waals surface area contributed by atoms with Gasteiger partial charge in [-0.15, -0.1) is 0 Å². The van der Waals surface area contributed by atoms with Gasteiger partial charge >= 0.3 is 0 Å². The zero-order valence-electron chi connectivity index (χ0n) is 13.6. The lowest BCUT2D eigenvalue weighted by Gasteiger charge is -2.28. The summed E-state index contributed by atoms with van der Waals surface area (Å²) in [4.78, 5) is 28.5. The number of carbonyl (C=O) groups excluding carboxylic acids is 2. The first-order valence-electron chi connectivity index (χ1n) is 7.77. The van der Waals surface area contributed by atoms with Gasteiger partial charge in [0.15, 0.2) is 0 Å². The molecule has 1 aromatic heterocycles. The van der Waals surface area contributed by atoms with Crippen molar-refractivity contribution in [2.24, 2.45) is 10.9 Å². The summed E-state index contributed by atoms with van der Waals surface area (Å²) >= 11 is 1.11. The summed E-state index contributed by atoms with van der Waals surface area (Å²) in [6.45, 7) is 3.76. The molecule has 0 radical (unpaired) electrons. The van der Waals surface area contributed by atoms with Gasteiger partial charge in [0.2, 0.25) is 0 Å². The van der Waals surface area contributed by atoms with Crippen molar-refractivity contribution >= 4 is 40.3 Å². The average molecular weight is 350 g/mol. The molecule has 6 nitrogen and oxygen atoms in total. The second kappa shape index (κ2) is 5.86. The molecule has 1 N–H and O–H groups in total. The maximum atomic E-state index is 12.4. The van der Waals surface area contributed by atoms with Gasteiger partial charge in [-0.05, 0) is 44.2 Å². The number of fused-ring (bicyclic) bond motifs is 2. The Morgan fingerprint density at radius 3 is 2.88 bits per heavy atom. The molecule has 0 spiro atoms. The molecule has 0 bridgehead atoms. The van der Waals surface area contributed by atoms with Gasteiger partial charge in [0.1, 0.15) is 11.0 Å². The zero-order valence-corrected chi connectivity index (χ0v) is 14.4. The maximum absolute atomic E-state index is 12.4. The summed E-state index contributed by atoms with van der Waals surface area (Å²) in [6, 6.07) is 5.14. The van der Waals surface area contributed by atoms with Gasteiger partial charge in [-0.3, -0.25) is 9.59 Å². The fraction of sp³-hybridized carbons (Fsp3) is 0.167. The highest BCUT2D eigenvalue weighted by atomic mass is 32.1. The van der Waals surface area contributed by atoms with E-state index in [2.05, 4.69) is 19.1 Å². The standard InChI is InChI=1S/C18H14N4O2S/c1-9-10(2)17(23)20-15-8-12(4-5-13(9)15)19-18(24)11-3-6-14-16(7-11)22-25-21-14/h3-8,13H,1-2H3,(H,20,23). The summed E-state index contributed by atoms with van der Waals surface area (Å²) in [5, 5.41) is 2.87. The van der Waals surface area contributed by atoms with E-state index in [4.69, 9.17) is 0 Å². The molecule has 1 unspecified atom stereocenters. The Labute approximate surface area is 148 Å². The molecule has 1 atom stereocenters. The van der Waals surface area contributed by atoms with Crippen LogP contribution in [-0.2, 0) is 4.79 Å². The largest absolute Gasteiger partial charge is 0.325 e. The molecule has 124 valence electrons. The first-order valence-corrected chi connectivity index (χ1v) is 8.50. The fourth-order valence-electron chi connectivity index (χ4n) is 2.89. The second-order valence-electron chi connectivity index (χ2n) is 6.01. The van der Waals surface area contributed by atoms with Crippen molar-refractivity contribution < 1.29 is 9.59 Å². The second-order valence-corrected chi connectivity index (χ2v) is 6.54. The van der Waals surface area contributed by atoms with Crippen LogP contribution in [0.1, 0.15) is 24.2 Å². The lowest BCUT2D eigenvalue weighted by Crippen LogP contribution is -2.35. The molecule has 1 aliphatic carbocycles. The number of rotatable bonds is 1. The van der Waals surface area contributed by atoms with Crippen molar-refractivity contribution in [2.75, 3.05) is 0 Å². The third kappa shape index (κ3) is 2.72. The number of allylic oxidation sites excluding steroid dienone is 3. The van der Waals surface area contributed by atoms with Crippen LogP contribution in [-0.4, -0.2) is 26.3 Å². The summed E-state index contributed by atoms with van der Waals surface area (Å²) < 4.78 is 8.26. The summed E-state index contributed by atoms with van der Waals surface area (Å²) in [6.07, 6.45) is 5.51. The van der Waals surface area contributed by atoms with Crippen molar-refractivity contribution in [2.45, 2.75) is 13.8 Å². The molecule has 2 amide bonds. The Hall–Kier alpha value is -2.93. The Kier molecular flexibility index (Phi) is 3.65. The molecule has 7 heteroatoms. The minimum absolute atomic E-state index is 0.0317. The number of nitrogens with one attached hydrogen (secondary N) is 1. The predicted molar refractivity (Wildman–Crippen MR) is 96.4 cm³/mol. The molecule has 1 aliphatic heterocycles. The Bertz CT molecular complexity index is 1040. The Morgan fingerprint density at radius 1 is 1.24 bits per heavy atom. The van der Waals surface area contributed by atoms with E-state index < -0.39 is 0 Å². The minimum Gasteiger partial charge on any atom is -0.325 e. The fourth-order valence-corrected chi connectivity index (χ4v) is 3.41. The number of benzene rings is 1. The minimum atomic E-state index is -0.351. The van der Waals surface area contributed by atoms with E-state index in [1.807, 2.05) is 26.0 Å². The van der Waals surface area contributed by atoms with Crippen molar-refractivity contribution in [1.29, 1.82) is 0 Å². The number of nitrogens with zero attached hydrogens (tertiary/aromatic N) is 3. The SMILES string of the molecule is CC1=C(C)C2C=CC(=NC(=O)c3ccc4nsnc4c3)C=C2NC1=O. The number of hydrogen-bond donors (Lipinski definition) is 1. The Balaban J connectivity index is 1.64. The van der Waals surface area contributed by atoms with Crippen LogP contribution in [0.15, 0.2) is 58.3 Å². The van der Waals surface area contributed by atoms with E-state index in [0.717, 1.165) is 34.1 Å². The van der Waals surface area contributed by atoms with Crippen molar-refractivity contribution in [3.63, 3.8) is 0 Å². The van der Waals surface area contributed by atoms with E-state index in [9.17, 15) is 9.59 Å². The first kappa shape index (κ1) is 15.6. The van der Waals surface area contributed by atoms with Gasteiger partial charge in [-0.2, -0.15) is 8.75 Å². The van der Waals surface area contributed by atoms with Crippen LogP contribution >= 0.6 is 11.7 Å². The molecule has 0 saturated carbocycles. The number of aliphatic imine (C=N–C) groups is 1. The van der Waals surface area contributed by atoms with Crippen LogP contribution in [0.5, 0.6) is 0 Å². The van der Waals surface area contributed by atoms with E-state index in [1.54, 1.807) is 24.3 Å². The van der Waals surface area contributed by atoms with Crippen LogP contribution in [0.3, 0.4) is 0 Å². The van der Waals surface area contributed by atoms with Gasteiger partial charge in [0.05, 0.1) is 17.4 Å². The van der Waals surface area contributed by atoms with Crippen molar-refractivity contribution in [3.05, 3.63) is 58.8 Å². The summed E-state index contributed by atoms with van der Waals surface area (Å²) in [5.74, 6) is -0.429. The van der Waals surface area contributed by atoms with Gasteiger partial charge in [0.25, 0.3) is 11.8 Å². The summed E-state index contributed by atoms with van der Waals surface area (Å²) in [7, 11) is 0. The molecule has 0 fully saturated rings. The third-order valence-electron chi connectivity index (χ3n) is 4.49. The first-order chi connectivity index (χ1) is 12.0. The summed E-state index contributed by atoms with van der Waals surface area (Å²) in [5.41, 5.74) is 4.91. The van der Waals surface area contributed by atoms with Gasteiger partial charge in [-0.25, -0.2) is 4.99 Å². The van der Waals surface area contributed by atoms with E-state index >= 15 is 0 Å². The third-order valence-corrected chi connectivity index (χ3v) is 5.04. The maximum Gasteiger partial charge on any atom is 0.277 e. The molecular weight excluding hydrogens is 336 g/mol. The molecule has 2 aliphatic rings.